The number of nitrogens with zero attached hydrogens (tertiary/aromatic N) is 1. The Morgan fingerprint density at radius 2 is 1.77 bits per heavy atom. The van der Waals surface area contributed by atoms with Crippen LogP contribution in [0.1, 0.15) is 46.4 Å². The van der Waals surface area contributed by atoms with E-state index < -0.39 is 0 Å². The first-order chi connectivity index (χ1) is 10.5. The van der Waals surface area contributed by atoms with Crippen LogP contribution in [-0.2, 0) is 0 Å². The normalized spacial score (nSPS) is 26.5. The van der Waals surface area contributed by atoms with Gasteiger partial charge in [0.1, 0.15) is 0 Å². The van der Waals surface area contributed by atoms with Crippen molar-refractivity contribution in [2.45, 2.75) is 43.8 Å². The standard InChI is InChI=1S/C17H23N3O2/c1-20(2)17(22)12-5-3-4-11(8-12)16(21)19-15-9-13-6-7-14(10-15)18-13/h3-5,8,13-15,18H,6-7,9-10H2,1-2H3,(H,19,21). The highest BCUT2D eigenvalue weighted by Gasteiger charge is 2.34. The molecule has 0 spiro atoms. The predicted octanol–water partition coefficient (Wildman–Crippen LogP) is 1.40. The summed E-state index contributed by atoms with van der Waals surface area (Å²) < 4.78 is 0. The fraction of sp³-hybridized carbons (Fsp3) is 0.529. The van der Waals surface area contributed by atoms with Gasteiger partial charge in [0.15, 0.2) is 0 Å². The molecule has 2 aliphatic rings. The molecule has 0 saturated carbocycles. The van der Waals surface area contributed by atoms with Gasteiger partial charge in [-0.3, -0.25) is 9.59 Å². The van der Waals surface area contributed by atoms with Gasteiger partial charge in [0, 0.05) is 43.3 Å². The van der Waals surface area contributed by atoms with Crippen LogP contribution in [0, 0.1) is 0 Å². The van der Waals surface area contributed by atoms with E-state index in [9.17, 15) is 9.59 Å². The first-order valence-electron chi connectivity index (χ1n) is 7.91. The summed E-state index contributed by atoms with van der Waals surface area (Å²) in [7, 11) is 3.42. The van der Waals surface area contributed by atoms with E-state index in [1.165, 1.54) is 17.7 Å². The summed E-state index contributed by atoms with van der Waals surface area (Å²) in [6, 6.07) is 8.27. The summed E-state index contributed by atoms with van der Waals surface area (Å²) in [4.78, 5) is 25.9. The highest BCUT2D eigenvalue weighted by molar-refractivity contribution is 5.99. The monoisotopic (exact) mass is 301 g/mol. The fourth-order valence-corrected chi connectivity index (χ4v) is 3.50. The SMILES string of the molecule is CN(C)C(=O)c1cccc(C(=O)NC2CC3CCC(C2)N3)c1. The molecule has 2 bridgehead atoms. The van der Waals surface area contributed by atoms with Crippen LogP contribution in [0.4, 0.5) is 0 Å². The number of carbonyl (C=O) groups is 2. The van der Waals surface area contributed by atoms with E-state index in [1.807, 2.05) is 0 Å². The number of rotatable bonds is 3. The molecule has 2 heterocycles. The summed E-state index contributed by atoms with van der Waals surface area (Å²) in [6.45, 7) is 0. The van der Waals surface area contributed by atoms with E-state index in [0.717, 1.165) is 12.8 Å². The van der Waals surface area contributed by atoms with E-state index in [-0.39, 0.29) is 17.9 Å². The maximum absolute atomic E-state index is 12.4. The number of hydrogen-bond acceptors (Lipinski definition) is 3. The summed E-state index contributed by atoms with van der Waals surface area (Å²) in [5.41, 5.74) is 1.10. The van der Waals surface area contributed by atoms with Gasteiger partial charge < -0.3 is 15.5 Å². The zero-order valence-electron chi connectivity index (χ0n) is 13.1. The average molecular weight is 301 g/mol. The number of benzene rings is 1. The van der Waals surface area contributed by atoms with Crippen molar-refractivity contribution in [1.29, 1.82) is 0 Å². The van der Waals surface area contributed by atoms with Crippen molar-refractivity contribution in [2.24, 2.45) is 0 Å². The van der Waals surface area contributed by atoms with Gasteiger partial charge in [-0.1, -0.05) is 6.07 Å². The molecule has 2 saturated heterocycles. The number of nitrogens with one attached hydrogen (secondary N) is 2. The third kappa shape index (κ3) is 3.14. The van der Waals surface area contributed by atoms with Gasteiger partial charge in [0.25, 0.3) is 11.8 Å². The quantitative estimate of drug-likeness (QED) is 0.887. The van der Waals surface area contributed by atoms with Crippen molar-refractivity contribution in [3.63, 3.8) is 0 Å². The van der Waals surface area contributed by atoms with E-state index in [0.29, 0.717) is 23.2 Å². The van der Waals surface area contributed by atoms with Crippen LogP contribution < -0.4 is 10.6 Å². The third-order valence-corrected chi connectivity index (χ3v) is 4.59. The van der Waals surface area contributed by atoms with Gasteiger partial charge in [-0.25, -0.2) is 0 Å². The van der Waals surface area contributed by atoms with Crippen molar-refractivity contribution in [2.75, 3.05) is 14.1 Å². The lowest BCUT2D eigenvalue weighted by Gasteiger charge is -2.29. The molecule has 2 aliphatic heterocycles. The van der Waals surface area contributed by atoms with Crippen molar-refractivity contribution < 1.29 is 9.59 Å². The third-order valence-electron chi connectivity index (χ3n) is 4.59. The largest absolute Gasteiger partial charge is 0.349 e. The summed E-state index contributed by atoms with van der Waals surface area (Å²) in [5.74, 6) is -0.172. The Bertz CT molecular complexity index is 573. The minimum absolute atomic E-state index is 0.0836. The Hall–Kier alpha value is -1.88. The molecular formula is C17H23N3O2. The van der Waals surface area contributed by atoms with E-state index in [4.69, 9.17) is 0 Å². The fourth-order valence-electron chi connectivity index (χ4n) is 3.50. The van der Waals surface area contributed by atoms with Crippen molar-refractivity contribution in [1.82, 2.24) is 15.5 Å². The molecule has 0 aromatic heterocycles. The van der Waals surface area contributed by atoms with Crippen molar-refractivity contribution in [3.05, 3.63) is 35.4 Å². The molecule has 118 valence electrons. The van der Waals surface area contributed by atoms with Crippen LogP contribution in [0.5, 0.6) is 0 Å². The lowest BCUT2D eigenvalue weighted by Crippen LogP contribution is -2.48. The molecule has 1 aromatic carbocycles. The van der Waals surface area contributed by atoms with Crippen LogP contribution >= 0.6 is 0 Å². The molecule has 2 unspecified atom stereocenters. The molecule has 0 radical (unpaired) electrons. The Morgan fingerprint density at radius 3 is 2.41 bits per heavy atom. The number of carbonyl (C=O) groups excluding carboxylic acids is 2. The Kier molecular flexibility index (Phi) is 4.16. The second kappa shape index (κ2) is 6.08. The summed E-state index contributed by atoms with van der Waals surface area (Å²) >= 11 is 0. The zero-order valence-corrected chi connectivity index (χ0v) is 13.1. The lowest BCUT2D eigenvalue weighted by molar-refractivity contribution is 0.0827. The topological polar surface area (TPSA) is 61.4 Å². The molecule has 5 heteroatoms. The second-order valence-electron chi connectivity index (χ2n) is 6.56. The first-order valence-corrected chi connectivity index (χ1v) is 7.91. The molecule has 2 atom stereocenters. The molecule has 1 aromatic rings. The summed E-state index contributed by atoms with van der Waals surface area (Å²) in [5, 5.41) is 6.70. The first kappa shape index (κ1) is 15.0. The number of piperidine rings is 1. The number of hydrogen-bond donors (Lipinski definition) is 2. The molecule has 3 rings (SSSR count). The van der Waals surface area contributed by atoms with Crippen LogP contribution in [0.2, 0.25) is 0 Å². The molecular weight excluding hydrogens is 278 g/mol. The van der Waals surface area contributed by atoms with Crippen LogP contribution in [-0.4, -0.2) is 48.9 Å². The van der Waals surface area contributed by atoms with Gasteiger partial charge in [-0.05, 0) is 43.9 Å². The van der Waals surface area contributed by atoms with Gasteiger partial charge >= 0.3 is 0 Å². The molecule has 2 N–H and O–H groups in total. The Balaban J connectivity index is 1.67. The van der Waals surface area contributed by atoms with Crippen LogP contribution in [0.15, 0.2) is 24.3 Å². The van der Waals surface area contributed by atoms with Crippen LogP contribution in [0.3, 0.4) is 0 Å². The number of fused-ring (bicyclic) bond motifs is 2. The molecule has 2 fully saturated rings. The van der Waals surface area contributed by atoms with E-state index >= 15 is 0 Å². The molecule has 22 heavy (non-hydrogen) atoms. The second-order valence-corrected chi connectivity index (χ2v) is 6.56. The van der Waals surface area contributed by atoms with Gasteiger partial charge in [0.05, 0.1) is 0 Å². The average Bonchev–Trinajstić information content (AvgIpc) is 2.85. The van der Waals surface area contributed by atoms with E-state index in [1.54, 1.807) is 38.4 Å². The van der Waals surface area contributed by atoms with E-state index in [2.05, 4.69) is 10.6 Å². The smallest absolute Gasteiger partial charge is 0.253 e. The Morgan fingerprint density at radius 1 is 1.14 bits per heavy atom. The zero-order chi connectivity index (χ0) is 15.7. The maximum atomic E-state index is 12.4. The molecule has 2 amide bonds. The maximum Gasteiger partial charge on any atom is 0.253 e. The highest BCUT2D eigenvalue weighted by atomic mass is 16.2. The highest BCUT2D eigenvalue weighted by Crippen LogP contribution is 2.26. The van der Waals surface area contributed by atoms with Crippen molar-refractivity contribution >= 4 is 11.8 Å². The molecule has 0 aliphatic carbocycles. The molecule has 5 nitrogen and oxygen atoms in total. The van der Waals surface area contributed by atoms with Crippen LogP contribution in [0.25, 0.3) is 0 Å². The lowest BCUT2D eigenvalue weighted by atomic mass is 9.99. The number of amides is 2. The van der Waals surface area contributed by atoms with Gasteiger partial charge in [0.2, 0.25) is 0 Å². The van der Waals surface area contributed by atoms with Gasteiger partial charge in [-0.15, -0.1) is 0 Å². The Labute approximate surface area is 131 Å². The van der Waals surface area contributed by atoms with Crippen molar-refractivity contribution in [3.8, 4) is 0 Å². The minimum atomic E-state index is -0.0884. The minimum Gasteiger partial charge on any atom is -0.349 e. The predicted molar refractivity (Wildman–Crippen MR) is 84.9 cm³/mol. The van der Waals surface area contributed by atoms with Gasteiger partial charge in [-0.2, -0.15) is 0 Å². The summed E-state index contributed by atoms with van der Waals surface area (Å²) in [6.07, 6.45) is 4.42.